The summed E-state index contributed by atoms with van der Waals surface area (Å²) in [6, 6.07) is 5.82. The maximum absolute atomic E-state index is 9.03. The lowest BCUT2D eigenvalue weighted by molar-refractivity contribution is 1.15. The molecule has 0 aliphatic carbocycles. The van der Waals surface area contributed by atoms with Gasteiger partial charge < -0.3 is 5.32 Å². The summed E-state index contributed by atoms with van der Waals surface area (Å²) >= 11 is 1.62. The molecule has 2 aromatic heterocycles. The van der Waals surface area contributed by atoms with Crippen molar-refractivity contribution in [1.29, 1.82) is 5.26 Å². The Morgan fingerprint density at radius 2 is 2.11 bits per heavy atom. The standard InChI is InChI=1S/C13H14N4S/c1-4-15-13-10(7-14)5-6-11(17-13)12-8(2)16-9(3)18-12/h5-6H,4H2,1-3H3,(H,15,17). The van der Waals surface area contributed by atoms with E-state index in [0.717, 1.165) is 27.8 Å². The summed E-state index contributed by atoms with van der Waals surface area (Å²) in [5.74, 6) is 0.642. The topological polar surface area (TPSA) is 61.6 Å². The fourth-order valence-electron chi connectivity index (χ4n) is 1.75. The molecule has 5 heteroatoms. The molecule has 0 bridgehead atoms. The third-order valence-corrected chi connectivity index (χ3v) is 3.59. The normalized spacial score (nSPS) is 10.1. The lowest BCUT2D eigenvalue weighted by Crippen LogP contribution is -2.02. The Hall–Kier alpha value is -1.93. The maximum Gasteiger partial charge on any atom is 0.144 e. The van der Waals surface area contributed by atoms with Gasteiger partial charge in [-0.05, 0) is 32.9 Å². The van der Waals surface area contributed by atoms with Crippen molar-refractivity contribution in [3.63, 3.8) is 0 Å². The summed E-state index contributed by atoms with van der Waals surface area (Å²) in [6.07, 6.45) is 0. The highest BCUT2D eigenvalue weighted by molar-refractivity contribution is 7.15. The van der Waals surface area contributed by atoms with E-state index in [4.69, 9.17) is 5.26 Å². The molecule has 0 radical (unpaired) electrons. The molecule has 0 aliphatic heterocycles. The van der Waals surface area contributed by atoms with Gasteiger partial charge in [0.2, 0.25) is 0 Å². The Morgan fingerprint density at radius 1 is 1.33 bits per heavy atom. The van der Waals surface area contributed by atoms with E-state index in [0.29, 0.717) is 11.4 Å². The van der Waals surface area contributed by atoms with Crippen LogP contribution in [-0.4, -0.2) is 16.5 Å². The molecule has 0 saturated heterocycles. The van der Waals surface area contributed by atoms with Gasteiger partial charge in [-0.15, -0.1) is 11.3 Å². The molecule has 92 valence electrons. The van der Waals surface area contributed by atoms with Crippen LogP contribution in [0.5, 0.6) is 0 Å². The second kappa shape index (κ2) is 5.15. The summed E-state index contributed by atoms with van der Waals surface area (Å²) in [5, 5.41) is 13.2. The molecule has 18 heavy (non-hydrogen) atoms. The van der Waals surface area contributed by atoms with Crippen LogP contribution in [0.2, 0.25) is 0 Å². The first-order valence-electron chi connectivity index (χ1n) is 5.75. The first-order chi connectivity index (χ1) is 8.65. The van der Waals surface area contributed by atoms with Crippen molar-refractivity contribution in [2.45, 2.75) is 20.8 Å². The van der Waals surface area contributed by atoms with Crippen molar-refractivity contribution in [3.05, 3.63) is 28.4 Å². The van der Waals surface area contributed by atoms with Crippen molar-refractivity contribution in [1.82, 2.24) is 9.97 Å². The Kier molecular flexibility index (Phi) is 3.58. The predicted octanol–water partition coefficient (Wildman–Crippen LogP) is 3.13. The Labute approximate surface area is 110 Å². The summed E-state index contributed by atoms with van der Waals surface area (Å²) < 4.78 is 0. The van der Waals surface area contributed by atoms with Crippen LogP contribution in [-0.2, 0) is 0 Å². The van der Waals surface area contributed by atoms with Gasteiger partial charge >= 0.3 is 0 Å². The number of hydrogen-bond acceptors (Lipinski definition) is 5. The minimum atomic E-state index is 0.569. The fourth-order valence-corrected chi connectivity index (χ4v) is 2.64. The molecule has 0 spiro atoms. The third kappa shape index (κ3) is 2.34. The first kappa shape index (κ1) is 12.5. The predicted molar refractivity (Wildman–Crippen MR) is 73.7 cm³/mol. The fraction of sp³-hybridized carbons (Fsp3) is 0.308. The van der Waals surface area contributed by atoms with Crippen LogP contribution in [0.3, 0.4) is 0 Å². The molecule has 0 atom stereocenters. The van der Waals surface area contributed by atoms with Crippen molar-refractivity contribution in [2.75, 3.05) is 11.9 Å². The zero-order valence-corrected chi connectivity index (χ0v) is 11.4. The largest absolute Gasteiger partial charge is 0.369 e. The van der Waals surface area contributed by atoms with E-state index in [1.807, 2.05) is 26.8 Å². The van der Waals surface area contributed by atoms with Gasteiger partial charge in [0.1, 0.15) is 11.9 Å². The highest BCUT2D eigenvalue weighted by Crippen LogP contribution is 2.29. The van der Waals surface area contributed by atoms with Gasteiger partial charge in [0, 0.05) is 6.54 Å². The van der Waals surface area contributed by atoms with Gasteiger partial charge in [-0.2, -0.15) is 5.26 Å². The van der Waals surface area contributed by atoms with E-state index in [-0.39, 0.29) is 0 Å². The molecule has 0 aliphatic rings. The van der Waals surface area contributed by atoms with E-state index in [1.165, 1.54) is 0 Å². The summed E-state index contributed by atoms with van der Waals surface area (Å²) in [6.45, 7) is 6.69. The van der Waals surface area contributed by atoms with Crippen LogP contribution < -0.4 is 5.32 Å². The average molecular weight is 258 g/mol. The van der Waals surface area contributed by atoms with Crippen molar-refractivity contribution >= 4 is 17.2 Å². The van der Waals surface area contributed by atoms with Crippen LogP contribution in [0.1, 0.15) is 23.2 Å². The smallest absolute Gasteiger partial charge is 0.144 e. The van der Waals surface area contributed by atoms with Crippen LogP contribution in [0.25, 0.3) is 10.6 Å². The number of aryl methyl sites for hydroxylation is 2. The van der Waals surface area contributed by atoms with Gasteiger partial charge in [0.15, 0.2) is 0 Å². The van der Waals surface area contributed by atoms with Gasteiger partial charge in [-0.1, -0.05) is 0 Å². The van der Waals surface area contributed by atoms with Gasteiger partial charge in [-0.3, -0.25) is 0 Å². The molecule has 0 amide bonds. The number of nitrogens with one attached hydrogen (secondary N) is 1. The highest BCUT2D eigenvalue weighted by atomic mass is 32.1. The van der Waals surface area contributed by atoms with Crippen LogP contribution >= 0.6 is 11.3 Å². The van der Waals surface area contributed by atoms with Gasteiger partial charge in [-0.25, -0.2) is 9.97 Å². The zero-order chi connectivity index (χ0) is 13.1. The number of nitriles is 1. The van der Waals surface area contributed by atoms with E-state index < -0.39 is 0 Å². The molecule has 0 saturated carbocycles. The number of anilines is 1. The first-order valence-corrected chi connectivity index (χ1v) is 6.56. The summed E-state index contributed by atoms with van der Waals surface area (Å²) in [7, 11) is 0. The number of thiazole rings is 1. The average Bonchev–Trinajstić information content (AvgIpc) is 2.69. The molecule has 1 N–H and O–H groups in total. The molecule has 0 unspecified atom stereocenters. The zero-order valence-electron chi connectivity index (χ0n) is 10.6. The number of pyridine rings is 1. The van der Waals surface area contributed by atoms with Crippen LogP contribution in [0.15, 0.2) is 12.1 Å². The Balaban J connectivity index is 2.50. The molecular formula is C13H14N4S. The van der Waals surface area contributed by atoms with E-state index in [9.17, 15) is 0 Å². The Bertz CT molecular complexity index is 610. The van der Waals surface area contributed by atoms with Crippen molar-refractivity contribution in [2.24, 2.45) is 0 Å². The third-order valence-electron chi connectivity index (χ3n) is 2.50. The minimum absolute atomic E-state index is 0.569. The second-order valence-electron chi connectivity index (χ2n) is 3.88. The van der Waals surface area contributed by atoms with Crippen molar-refractivity contribution in [3.8, 4) is 16.6 Å². The molecule has 0 aromatic carbocycles. The quantitative estimate of drug-likeness (QED) is 0.918. The van der Waals surface area contributed by atoms with E-state index >= 15 is 0 Å². The maximum atomic E-state index is 9.03. The van der Waals surface area contributed by atoms with Gasteiger partial charge in [0.25, 0.3) is 0 Å². The molecular weight excluding hydrogens is 244 g/mol. The monoisotopic (exact) mass is 258 g/mol. The number of aromatic nitrogens is 2. The summed E-state index contributed by atoms with van der Waals surface area (Å²) in [5.41, 5.74) is 2.42. The molecule has 2 aromatic rings. The van der Waals surface area contributed by atoms with Crippen LogP contribution in [0, 0.1) is 25.2 Å². The molecule has 2 heterocycles. The van der Waals surface area contributed by atoms with Crippen molar-refractivity contribution < 1.29 is 0 Å². The minimum Gasteiger partial charge on any atom is -0.369 e. The molecule has 2 rings (SSSR count). The lowest BCUT2D eigenvalue weighted by Gasteiger charge is -2.06. The molecule has 4 nitrogen and oxygen atoms in total. The molecule has 0 fully saturated rings. The van der Waals surface area contributed by atoms with Gasteiger partial charge in [0.05, 0.1) is 26.8 Å². The second-order valence-corrected chi connectivity index (χ2v) is 5.09. The van der Waals surface area contributed by atoms with E-state index in [2.05, 4.69) is 21.4 Å². The lowest BCUT2D eigenvalue weighted by atomic mass is 10.2. The number of hydrogen-bond donors (Lipinski definition) is 1. The van der Waals surface area contributed by atoms with E-state index in [1.54, 1.807) is 17.4 Å². The SMILES string of the molecule is CCNc1nc(-c2sc(C)nc2C)ccc1C#N. The highest BCUT2D eigenvalue weighted by Gasteiger charge is 2.11. The Morgan fingerprint density at radius 3 is 2.67 bits per heavy atom. The summed E-state index contributed by atoms with van der Waals surface area (Å²) in [4.78, 5) is 9.98. The number of nitrogens with zero attached hydrogens (tertiary/aromatic N) is 3. The number of rotatable bonds is 3. The van der Waals surface area contributed by atoms with Crippen LogP contribution in [0.4, 0.5) is 5.82 Å².